The summed E-state index contributed by atoms with van der Waals surface area (Å²) in [6, 6.07) is 16.7. The second-order valence-electron chi connectivity index (χ2n) is 7.09. The van der Waals surface area contributed by atoms with Crippen LogP contribution in [0.2, 0.25) is 0 Å². The van der Waals surface area contributed by atoms with Gasteiger partial charge >= 0.3 is 5.97 Å². The molecular formula is C24H20BrNO3. The SMILES string of the molecule is O=C(OCc1cc(-c2ccc(Br)cc2)no1)c1ccc(C#CC2CCCC2)cc1. The van der Waals surface area contributed by atoms with E-state index in [0.29, 0.717) is 22.9 Å². The van der Waals surface area contributed by atoms with E-state index in [4.69, 9.17) is 9.26 Å². The van der Waals surface area contributed by atoms with E-state index in [-0.39, 0.29) is 6.61 Å². The lowest BCUT2D eigenvalue weighted by Crippen LogP contribution is -2.04. The zero-order valence-corrected chi connectivity index (χ0v) is 17.4. The Morgan fingerprint density at radius 2 is 1.83 bits per heavy atom. The Bertz CT molecular complexity index is 1040. The highest BCUT2D eigenvalue weighted by Gasteiger charge is 2.12. The number of carbonyl (C=O) groups excluding carboxylic acids is 1. The molecule has 1 aromatic heterocycles. The van der Waals surface area contributed by atoms with Crippen molar-refractivity contribution in [1.82, 2.24) is 5.16 Å². The fraction of sp³-hybridized carbons (Fsp3) is 0.250. The van der Waals surface area contributed by atoms with Crippen molar-refractivity contribution in [1.29, 1.82) is 0 Å². The molecule has 0 bridgehead atoms. The molecule has 3 aromatic rings. The van der Waals surface area contributed by atoms with Gasteiger partial charge in [-0.15, -0.1) is 0 Å². The molecule has 0 radical (unpaired) electrons. The van der Waals surface area contributed by atoms with Gasteiger partial charge in [0.15, 0.2) is 12.4 Å². The Balaban J connectivity index is 1.33. The summed E-state index contributed by atoms with van der Waals surface area (Å²) in [6.45, 7) is 0.0333. The smallest absolute Gasteiger partial charge is 0.338 e. The zero-order valence-electron chi connectivity index (χ0n) is 15.9. The third-order valence-electron chi connectivity index (χ3n) is 4.94. The Morgan fingerprint density at radius 1 is 1.10 bits per heavy atom. The summed E-state index contributed by atoms with van der Waals surface area (Å²) in [6.07, 6.45) is 4.95. The number of aromatic nitrogens is 1. The van der Waals surface area contributed by atoms with Crippen LogP contribution in [0.3, 0.4) is 0 Å². The van der Waals surface area contributed by atoms with Crippen LogP contribution in [0.4, 0.5) is 0 Å². The van der Waals surface area contributed by atoms with E-state index in [1.54, 1.807) is 18.2 Å². The molecule has 0 spiro atoms. The normalized spacial score (nSPS) is 13.7. The van der Waals surface area contributed by atoms with Crippen LogP contribution in [0.5, 0.6) is 0 Å². The summed E-state index contributed by atoms with van der Waals surface area (Å²) in [5.74, 6) is 7.14. The first-order valence-electron chi connectivity index (χ1n) is 9.68. The Hall–Kier alpha value is -2.84. The van der Waals surface area contributed by atoms with Crippen molar-refractivity contribution in [2.75, 3.05) is 0 Å². The average molecular weight is 450 g/mol. The van der Waals surface area contributed by atoms with Gasteiger partial charge in [-0.3, -0.25) is 0 Å². The molecule has 0 unspecified atom stereocenters. The van der Waals surface area contributed by atoms with Crippen molar-refractivity contribution in [3.8, 4) is 23.1 Å². The first kappa shape index (κ1) is 19.5. The second-order valence-corrected chi connectivity index (χ2v) is 8.01. The maximum atomic E-state index is 12.3. The van der Waals surface area contributed by atoms with Crippen LogP contribution in [0.25, 0.3) is 11.3 Å². The lowest BCUT2D eigenvalue weighted by atomic mass is 10.1. The summed E-state index contributed by atoms with van der Waals surface area (Å²) in [5, 5.41) is 4.03. The van der Waals surface area contributed by atoms with Crippen molar-refractivity contribution in [2.45, 2.75) is 32.3 Å². The van der Waals surface area contributed by atoms with Gasteiger partial charge in [-0.2, -0.15) is 0 Å². The highest BCUT2D eigenvalue weighted by atomic mass is 79.9. The maximum Gasteiger partial charge on any atom is 0.338 e. The van der Waals surface area contributed by atoms with Crippen LogP contribution in [0, 0.1) is 17.8 Å². The maximum absolute atomic E-state index is 12.3. The molecule has 0 amide bonds. The van der Waals surface area contributed by atoms with Gasteiger partial charge in [0, 0.05) is 27.6 Å². The fourth-order valence-electron chi connectivity index (χ4n) is 3.30. The molecule has 0 aliphatic heterocycles. The van der Waals surface area contributed by atoms with E-state index in [2.05, 4.69) is 32.9 Å². The number of rotatable bonds is 4. The van der Waals surface area contributed by atoms with Gasteiger partial charge in [0.25, 0.3) is 0 Å². The Kier molecular flexibility index (Phi) is 6.12. The van der Waals surface area contributed by atoms with Crippen molar-refractivity contribution < 1.29 is 14.1 Å². The van der Waals surface area contributed by atoms with E-state index in [1.165, 1.54) is 25.7 Å². The van der Waals surface area contributed by atoms with Crippen LogP contribution in [0.1, 0.15) is 47.4 Å². The minimum absolute atomic E-state index is 0.0333. The van der Waals surface area contributed by atoms with Gasteiger partial charge in [-0.05, 0) is 49.2 Å². The van der Waals surface area contributed by atoms with E-state index >= 15 is 0 Å². The minimum Gasteiger partial charge on any atom is -0.454 e. The van der Waals surface area contributed by atoms with Crippen LogP contribution in [-0.4, -0.2) is 11.1 Å². The van der Waals surface area contributed by atoms with Crippen molar-refractivity contribution in [3.63, 3.8) is 0 Å². The van der Waals surface area contributed by atoms with Gasteiger partial charge in [-0.25, -0.2) is 4.79 Å². The number of carbonyl (C=O) groups is 1. The highest BCUT2D eigenvalue weighted by molar-refractivity contribution is 9.10. The predicted molar refractivity (Wildman–Crippen MR) is 114 cm³/mol. The molecule has 29 heavy (non-hydrogen) atoms. The molecular weight excluding hydrogens is 430 g/mol. The molecule has 0 atom stereocenters. The van der Waals surface area contributed by atoms with Crippen LogP contribution in [-0.2, 0) is 11.3 Å². The Morgan fingerprint density at radius 3 is 2.55 bits per heavy atom. The van der Waals surface area contributed by atoms with E-state index in [1.807, 2.05) is 36.4 Å². The van der Waals surface area contributed by atoms with Gasteiger partial charge < -0.3 is 9.26 Å². The van der Waals surface area contributed by atoms with Gasteiger partial charge in [0.2, 0.25) is 0 Å². The van der Waals surface area contributed by atoms with Crippen molar-refractivity contribution in [3.05, 3.63) is 76.0 Å². The molecule has 0 N–H and O–H groups in total. The number of halogens is 1. The van der Waals surface area contributed by atoms with Gasteiger partial charge in [-0.1, -0.05) is 57.9 Å². The molecule has 1 aliphatic rings. The summed E-state index contributed by atoms with van der Waals surface area (Å²) in [7, 11) is 0. The first-order valence-corrected chi connectivity index (χ1v) is 10.5. The van der Waals surface area contributed by atoms with E-state index in [0.717, 1.165) is 15.6 Å². The monoisotopic (exact) mass is 449 g/mol. The third kappa shape index (κ3) is 5.16. The van der Waals surface area contributed by atoms with Gasteiger partial charge in [0.1, 0.15) is 5.69 Å². The lowest BCUT2D eigenvalue weighted by molar-refractivity contribution is 0.0437. The number of hydrogen-bond acceptors (Lipinski definition) is 4. The molecule has 1 fully saturated rings. The average Bonchev–Trinajstić information content (AvgIpc) is 3.44. The lowest BCUT2D eigenvalue weighted by Gasteiger charge is -2.02. The summed E-state index contributed by atoms with van der Waals surface area (Å²) >= 11 is 3.41. The Labute approximate surface area is 178 Å². The molecule has 1 heterocycles. The standard InChI is InChI=1S/C24H20BrNO3/c25-21-13-11-19(12-14-21)23-15-22(29-26-23)16-28-24(27)20-9-7-18(8-10-20)6-5-17-3-1-2-4-17/h7-15,17H,1-4,16H2. The number of esters is 1. The number of ether oxygens (including phenoxy) is 1. The largest absolute Gasteiger partial charge is 0.454 e. The molecule has 5 heteroatoms. The summed E-state index contributed by atoms with van der Waals surface area (Å²) < 4.78 is 11.6. The number of benzene rings is 2. The minimum atomic E-state index is -0.401. The highest BCUT2D eigenvalue weighted by Crippen LogP contribution is 2.24. The molecule has 0 saturated heterocycles. The molecule has 2 aromatic carbocycles. The van der Waals surface area contributed by atoms with Crippen molar-refractivity contribution >= 4 is 21.9 Å². The summed E-state index contributed by atoms with van der Waals surface area (Å²) in [5.41, 5.74) is 3.05. The molecule has 1 saturated carbocycles. The first-order chi connectivity index (χ1) is 14.2. The molecule has 146 valence electrons. The van der Waals surface area contributed by atoms with Crippen LogP contribution in [0.15, 0.2) is 63.6 Å². The number of nitrogens with zero attached hydrogens (tertiary/aromatic N) is 1. The van der Waals surface area contributed by atoms with Crippen LogP contribution < -0.4 is 0 Å². The third-order valence-corrected chi connectivity index (χ3v) is 5.47. The van der Waals surface area contributed by atoms with E-state index in [9.17, 15) is 4.79 Å². The van der Waals surface area contributed by atoms with E-state index < -0.39 is 5.97 Å². The predicted octanol–water partition coefficient (Wildman–Crippen LogP) is 6.00. The summed E-state index contributed by atoms with van der Waals surface area (Å²) in [4.78, 5) is 12.3. The molecule has 4 nitrogen and oxygen atoms in total. The molecule has 1 aliphatic carbocycles. The quantitative estimate of drug-likeness (QED) is 0.361. The van der Waals surface area contributed by atoms with Gasteiger partial charge in [0.05, 0.1) is 5.56 Å². The number of hydrogen-bond donors (Lipinski definition) is 0. The topological polar surface area (TPSA) is 52.3 Å². The van der Waals surface area contributed by atoms with Crippen molar-refractivity contribution in [2.24, 2.45) is 5.92 Å². The zero-order chi connectivity index (χ0) is 20.1. The second kappa shape index (κ2) is 9.11. The fourth-order valence-corrected chi connectivity index (χ4v) is 3.57. The molecule has 4 rings (SSSR count). The van der Waals surface area contributed by atoms with Crippen LogP contribution >= 0.6 is 15.9 Å².